The average Bonchev–Trinajstić information content (AvgIpc) is 3.23. The number of rotatable bonds is 1. The molecule has 1 aromatic rings. The molecule has 5 aliphatic rings. The van der Waals surface area contributed by atoms with Gasteiger partial charge in [-0.3, -0.25) is 9.59 Å². The first-order chi connectivity index (χ1) is 12.8. The van der Waals surface area contributed by atoms with Gasteiger partial charge >= 0.3 is 0 Å². The molecule has 9 heteroatoms. The lowest BCUT2D eigenvalue weighted by molar-refractivity contribution is -0.164. The zero-order valence-corrected chi connectivity index (χ0v) is 16.6. The molecular formula is C18H17N3O4S2. The van der Waals surface area contributed by atoms with Crippen molar-refractivity contribution in [2.24, 2.45) is 5.41 Å². The van der Waals surface area contributed by atoms with Crippen LogP contribution in [0.15, 0.2) is 18.2 Å². The van der Waals surface area contributed by atoms with Crippen molar-refractivity contribution in [1.29, 1.82) is 5.26 Å². The second-order valence-electron chi connectivity index (χ2n) is 7.69. The molecule has 0 N–H and O–H groups in total. The molecule has 27 heavy (non-hydrogen) atoms. The molecule has 4 saturated heterocycles. The Morgan fingerprint density at radius 2 is 1.93 bits per heavy atom. The highest BCUT2D eigenvalue weighted by atomic mass is 33.1. The number of piperazine rings is 1. The fraction of sp³-hybridized carbons (Fsp3) is 0.500. The van der Waals surface area contributed by atoms with Gasteiger partial charge in [0.05, 0.1) is 17.5 Å². The molecule has 5 aliphatic heterocycles. The first kappa shape index (κ1) is 17.1. The van der Waals surface area contributed by atoms with Crippen molar-refractivity contribution in [2.45, 2.75) is 36.1 Å². The van der Waals surface area contributed by atoms with Gasteiger partial charge in [0, 0.05) is 13.5 Å². The Morgan fingerprint density at radius 1 is 1.19 bits per heavy atom. The summed E-state index contributed by atoms with van der Waals surface area (Å²) in [6, 6.07) is 7.35. The minimum atomic E-state index is -1.06. The molecule has 2 bridgehead atoms. The largest absolute Gasteiger partial charge is 0.454 e. The lowest BCUT2D eigenvalue weighted by Gasteiger charge is -2.57. The number of hydrogen-bond donors (Lipinski definition) is 0. The van der Waals surface area contributed by atoms with Crippen LogP contribution >= 0.6 is 21.6 Å². The standard InChI is InChI=1S/C18H17N3O4S2/c1-16(8-19)7-18-15(23)20(3)17(2,26-27-18)14(22)21(18)13(16)10-4-5-11-12(6-10)25-9-24-11/h4-6,13H,7,9H2,1-3H3/t13-,16+,17+,18?/m0/s1. The van der Waals surface area contributed by atoms with Gasteiger partial charge < -0.3 is 19.3 Å². The molecule has 4 atom stereocenters. The van der Waals surface area contributed by atoms with Gasteiger partial charge in [-0.15, -0.1) is 0 Å². The zero-order valence-electron chi connectivity index (χ0n) is 15.0. The second kappa shape index (κ2) is 5.06. The van der Waals surface area contributed by atoms with Crippen molar-refractivity contribution in [3.05, 3.63) is 23.8 Å². The Labute approximate surface area is 164 Å². The zero-order chi connectivity index (χ0) is 19.2. The topological polar surface area (TPSA) is 82.9 Å². The van der Waals surface area contributed by atoms with Crippen molar-refractivity contribution in [3.63, 3.8) is 0 Å². The summed E-state index contributed by atoms with van der Waals surface area (Å²) in [6.45, 7) is 3.75. The molecule has 1 aromatic carbocycles. The van der Waals surface area contributed by atoms with Crippen LogP contribution in [0.2, 0.25) is 0 Å². The van der Waals surface area contributed by atoms with E-state index in [1.165, 1.54) is 26.5 Å². The first-order valence-corrected chi connectivity index (χ1v) is 10.7. The fourth-order valence-corrected chi connectivity index (χ4v) is 8.08. The molecule has 6 rings (SSSR count). The second-order valence-corrected chi connectivity index (χ2v) is 10.5. The van der Waals surface area contributed by atoms with Crippen LogP contribution < -0.4 is 9.47 Å². The minimum Gasteiger partial charge on any atom is -0.454 e. The van der Waals surface area contributed by atoms with E-state index in [0.29, 0.717) is 11.5 Å². The molecule has 4 fully saturated rings. The van der Waals surface area contributed by atoms with Crippen LogP contribution in [-0.4, -0.2) is 45.2 Å². The lowest BCUT2D eigenvalue weighted by Crippen LogP contribution is -2.73. The number of likely N-dealkylation sites (N-methyl/N-ethyl adjacent to an activating group) is 1. The van der Waals surface area contributed by atoms with Gasteiger partial charge in [-0.1, -0.05) is 27.7 Å². The van der Waals surface area contributed by atoms with Gasteiger partial charge in [-0.05, 0) is 31.5 Å². The number of ether oxygens (including phenoxy) is 2. The van der Waals surface area contributed by atoms with E-state index in [0.717, 1.165) is 5.56 Å². The maximum atomic E-state index is 13.5. The Morgan fingerprint density at radius 3 is 2.67 bits per heavy atom. The quantitative estimate of drug-likeness (QED) is 0.666. The molecule has 0 aromatic heterocycles. The van der Waals surface area contributed by atoms with Crippen molar-refractivity contribution in [1.82, 2.24) is 9.80 Å². The van der Waals surface area contributed by atoms with Crippen molar-refractivity contribution >= 4 is 33.4 Å². The fourth-order valence-electron chi connectivity index (χ4n) is 4.50. The molecule has 0 radical (unpaired) electrons. The van der Waals surface area contributed by atoms with Gasteiger partial charge in [0.2, 0.25) is 6.79 Å². The van der Waals surface area contributed by atoms with Gasteiger partial charge in [0.1, 0.15) is 0 Å². The third-order valence-corrected chi connectivity index (χ3v) is 9.76. The van der Waals surface area contributed by atoms with Crippen LogP contribution in [0.1, 0.15) is 31.9 Å². The maximum absolute atomic E-state index is 13.5. The van der Waals surface area contributed by atoms with Crippen molar-refractivity contribution in [3.8, 4) is 17.6 Å². The van der Waals surface area contributed by atoms with Crippen molar-refractivity contribution < 1.29 is 19.1 Å². The molecule has 5 heterocycles. The van der Waals surface area contributed by atoms with E-state index in [1.54, 1.807) is 24.9 Å². The number of carbonyl (C=O) groups is 2. The molecule has 0 saturated carbocycles. The molecule has 7 nitrogen and oxygen atoms in total. The average molecular weight is 403 g/mol. The van der Waals surface area contributed by atoms with E-state index in [2.05, 4.69) is 6.07 Å². The normalized spacial score (nSPS) is 39.0. The number of carbonyl (C=O) groups excluding carboxylic acids is 2. The smallest absolute Gasteiger partial charge is 0.261 e. The van der Waals surface area contributed by atoms with Crippen LogP contribution in [0.3, 0.4) is 0 Å². The third-order valence-electron chi connectivity index (χ3n) is 6.06. The molecule has 140 valence electrons. The number of fused-ring (bicyclic) bond motifs is 3. The highest BCUT2D eigenvalue weighted by Gasteiger charge is 2.74. The molecule has 2 amide bonds. The summed E-state index contributed by atoms with van der Waals surface area (Å²) in [4.78, 5) is 27.9. The van der Waals surface area contributed by atoms with Crippen LogP contribution in [0.5, 0.6) is 11.5 Å². The summed E-state index contributed by atoms with van der Waals surface area (Å²) in [6.07, 6.45) is 0.290. The number of nitriles is 1. The Balaban J connectivity index is 1.71. The summed E-state index contributed by atoms with van der Waals surface area (Å²) in [5, 5.41) is 10.0. The molecule has 1 spiro atoms. The number of benzene rings is 1. The summed E-state index contributed by atoms with van der Waals surface area (Å²) in [7, 11) is 4.49. The van der Waals surface area contributed by atoms with E-state index in [9.17, 15) is 14.9 Å². The Bertz CT molecular complexity index is 949. The number of amides is 2. The predicted octanol–water partition coefficient (Wildman–Crippen LogP) is 2.50. The van der Waals surface area contributed by atoms with Gasteiger partial charge in [-0.25, -0.2) is 0 Å². The Kier molecular flexibility index (Phi) is 3.20. The van der Waals surface area contributed by atoms with Crippen LogP contribution in [0.4, 0.5) is 0 Å². The third kappa shape index (κ3) is 1.85. The van der Waals surface area contributed by atoms with Crippen LogP contribution in [0, 0.1) is 16.7 Å². The maximum Gasteiger partial charge on any atom is 0.261 e. The first-order valence-electron chi connectivity index (χ1n) is 8.56. The van der Waals surface area contributed by atoms with Gasteiger partial charge in [0.15, 0.2) is 21.2 Å². The molecule has 1 unspecified atom stereocenters. The lowest BCUT2D eigenvalue weighted by atomic mass is 9.79. The summed E-state index contributed by atoms with van der Waals surface area (Å²) >= 11 is 0. The van der Waals surface area contributed by atoms with E-state index in [-0.39, 0.29) is 25.0 Å². The summed E-state index contributed by atoms with van der Waals surface area (Å²) < 4.78 is 10.9. The Hall–Kier alpha value is -2.05. The van der Waals surface area contributed by atoms with Gasteiger partial charge in [0.25, 0.3) is 11.8 Å². The van der Waals surface area contributed by atoms with Gasteiger partial charge in [-0.2, -0.15) is 5.26 Å². The predicted molar refractivity (Wildman–Crippen MR) is 99.6 cm³/mol. The van der Waals surface area contributed by atoms with Crippen molar-refractivity contribution in [2.75, 3.05) is 13.8 Å². The monoisotopic (exact) mass is 403 g/mol. The minimum absolute atomic E-state index is 0.113. The van der Waals surface area contributed by atoms with Crippen LogP contribution in [-0.2, 0) is 9.59 Å². The SMILES string of the molecule is CN1C(=O)C23C[C@](C)(C#N)[C@H](c4ccc5c(c4)OCO5)N2C(=O)[C@@]1(C)SS3. The van der Waals surface area contributed by atoms with Crippen LogP contribution in [0.25, 0.3) is 0 Å². The molecule has 0 aliphatic carbocycles. The van der Waals surface area contributed by atoms with E-state index in [1.807, 2.05) is 19.1 Å². The highest BCUT2D eigenvalue weighted by Crippen LogP contribution is 2.69. The molecular weight excluding hydrogens is 386 g/mol. The summed E-state index contributed by atoms with van der Waals surface area (Å²) in [5.41, 5.74) is -0.117. The van der Waals surface area contributed by atoms with E-state index >= 15 is 0 Å². The summed E-state index contributed by atoms with van der Waals surface area (Å²) in [5.74, 6) is 0.998. The number of hydrogen-bond acceptors (Lipinski definition) is 7. The van der Waals surface area contributed by atoms with E-state index in [4.69, 9.17) is 9.47 Å². The number of nitrogens with zero attached hydrogens (tertiary/aromatic N) is 3. The highest BCUT2D eigenvalue weighted by molar-refractivity contribution is 8.78. The van der Waals surface area contributed by atoms with E-state index < -0.39 is 21.2 Å².